The first-order chi connectivity index (χ1) is 9.94. The molecule has 1 heterocycles. The lowest BCUT2D eigenvalue weighted by atomic mass is 9.87. The van der Waals surface area contributed by atoms with Crippen molar-refractivity contribution >= 4 is 11.6 Å². The zero-order valence-electron chi connectivity index (χ0n) is 13.0. The second kappa shape index (κ2) is 7.59. The van der Waals surface area contributed by atoms with Gasteiger partial charge in [0.25, 0.3) is 0 Å². The second-order valence-electron chi connectivity index (χ2n) is 6.73. The molecule has 0 amide bonds. The molecule has 1 saturated heterocycles. The molecule has 0 spiro atoms. The van der Waals surface area contributed by atoms with Crippen LogP contribution in [0, 0.1) is 11.8 Å². The molecule has 3 unspecified atom stereocenters. The predicted molar refractivity (Wildman–Crippen MR) is 88.3 cm³/mol. The van der Waals surface area contributed by atoms with Gasteiger partial charge in [-0.05, 0) is 42.4 Å². The molecular formula is C17H27ClN2O. The fraction of sp³-hybridized carbons (Fsp3) is 0.647. The molecule has 3 atom stereocenters. The Bertz CT molecular complexity index is 435. The van der Waals surface area contributed by atoms with Crippen molar-refractivity contribution in [2.24, 2.45) is 17.6 Å². The summed E-state index contributed by atoms with van der Waals surface area (Å²) in [5.41, 5.74) is 7.46. The third-order valence-corrected chi connectivity index (χ3v) is 4.56. The van der Waals surface area contributed by atoms with Gasteiger partial charge in [-0.2, -0.15) is 0 Å². The van der Waals surface area contributed by atoms with Crippen LogP contribution in [0.2, 0.25) is 5.02 Å². The third kappa shape index (κ3) is 5.26. The molecule has 0 aromatic heterocycles. The SMILES string of the molecule is CC(C)C(O)CC1CC(N)CN(Cc2ccc(Cl)cc2)C1. The summed E-state index contributed by atoms with van der Waals surface area (Å²) in [6.45, 7) is 6.98. The van der Waals surface area contributed by atoms with Gasteiger partial charge in [-0.1, -0.05) is 37.6 Å². The van der Waals surface area contributed by atoms with Crippen LogP contribution < -0.4 is 5.73 Å². The fourth-order valence-electron chi connectivity index (χ4n) is 3.11. The number of halogens is 1. The van der Waals surface area contributed by atoms with E-state index < -0.39 is 0 Å². The second-order valence-corrected chi connectivity index (χ2v) is 7.17. The highest BCUT2D eigenvalue weighted by molar-refractivity contribution is 6.30. The minimum Gasteiger partial charge on any atom is -0.393 e. The number of benzene rings is 1. The molecule has 0 saturated carbocycles. The van der Waals surface area contributed by atoms with Crippen LogP contribution in [0.15, 0.2) is 24.3 Å². The van der Waals surface area contributed by atoms with Gasteiger partial charge in [-0.3, -0.25) is 4.90 Å². The maximum absolute atomic E-state index is 10.1. The van der Waals surface area contributed by atoms with Crippen molar-refractivity contribution in [3.05, 3.63) is 34.9 Å². The van der Waals surface area contributed by atoms with Crippen LogP contribution in [0.1, 0.15) is 32.3 Å². The van der Waals surface area contributed by atoms with E-state index in [1.165, 1.54) is 5.56 Å². The topological polar surface area (TPSA) is 49.5 Å². The molecule has 3 nitrogen and oxygen atoms in total. The largest absolute Gasteiger partial charge is 0.393 e. The van der Waals surface area contributed by atoms with E-state index in [2.05, 4.69) is 30.9 Å². The van der Waals surface area contributed by atoms with Crippen LogP contribution in [0.5, 0.6) is 0 Å². The maximum atomic E-state index is 10.1. The molecule has 1 aromatic carbocycles. The van der Waals surface area contributed by atoms with Crippen LogP contribution in [0.25, 0.3) is 0 Å². The van der Waals surface area contributed by atoms with Gasteiger partial charge >= 0.3 is 0 Å². The van der Waals surface area contributed by atoms with E-state index in [4.69, 9.17) is 17.3 Å². The number of likely N-dealkylation sites (tertiary alicyclic amines) is 1. The molecule has 1 aromatic rings. The average Bonchev–Trinajstić information content (AvgIpc) is 2.40. The number of nitrogens with zero attached hydrogens (tertiary/aromatic N) is 1. The van der Waals surface area contributed by atoms with Crippen molar-refractivity contribution in [2.45, 2.75) is 45.4 Å². The quantitative estimate of drug-likeness (QED) is 0.879. The molecule has 3 N–H and O–H groups in total. The highest BCUT2D eigenvalue weighted by Crippen LogP contribution is 2.24. The van der Waals surface area contributed by atoms with Gasteiger partial charge in [0, 0.05) is 30.7 Å². The standard InChI is InChI=1S/C17H27ClN2O/c1-12(2)17(21)8-14-7-16(19)11-20(10-14)9-13-3-5-15(18)6-4-13/h3-6,12,14,16-17,21H,7-11,19H2,1-2H3. The van der Waals surface area contributed by atoms with Crippen LogP contribution >= 0.6 is 11.6 Å². The first-order valence-corrected chi connectivity index (χ1v) is 8.22. The zero-order chi connectivity index (χ0) is 15.4. The Kier molecular flexibility index (Phi) is 6.06. The van der Waals surface area contributed by atoms with Gasteiger partial charge < -0.3 is 10.8 Å². The van der Waals surface area contributed by atoms with Gasteiger partial charge in [-0.25, -0.2) is 0 Å². The molecule has 1 aliphatic heterocycles. The molecule has 1 aliphatic rings. The first kappa shape index (κ1) is 16.8. The summed E-state index contributed by atoms with van der Waals surface area (Å²) >= 11 is 5.93. The zero-order valence-corrected chi connectivity index (χ0v) is 13.8. The lowest BCUT2D eigenvalue weighted by Gasteiger charge is -2.37. The summed E-state index contributed by atoms with van der Waals surface area (Å²) in [4.78, 5) is 2.40. The molecule has 118 valence electrons. The molecule has 4 heteroatoms. The molecular weight excluding hydrogens is 284 g/mol. The van der Waals surface area contributed by atoms with Gasteiger partial charge in [-0.15, -0.1) is 0 Å². The summed E-state index contributed by atoms with van der Waals surface area (Å²) < 4.78 is 0. The van der Waals surface area contributed by atoms with Gasteiger partial charge in [0.15, 0.2) is 0 Å². The van der Waals surface area contributed by atoms with E-state index in [0.717, 1.165) is 37.5 Å². The van der Waals surface area contributed by atoms with Gasteiger partial charge in [0.1, 0.15) is 0 Å². The summed E-state index contributed by atoms with van der Waals surface area (Å²) in [5.74, 6) is 0.798. The van der Waals surface area contributed by atoms with Crippen LogP contribution in [-0.4, -0.2) is 35.2 Å². The maximum Gasteiger partial charge on any atom is 0.0566 e. The Balaban J connectivity index is 1.92. The monoisotopic (exact) mass is 310 g/mol. The van der Waals surface area contributed by atoms with Crippen molar-refractivity contribution in [1.29, 1.82) is 0 Å². The summed E-state index contributed by atoms with van der Waals surface area (Å²) in [5, 5.41) is 10.9. The lowest BCUT2D eigenvalue weighted by molar-refractivity contribution is 0.0642. The average molecular weight is 311 g/mol. The Morgan fingerprint density at radius 2 is 1.95 bits per heavy atom. The Morgan fingerprint density at radius 3 is 2.57 bits per heavy atom. The fourth-order valence-corrected chi connectivity index (χ4v) is 3.24. The van der Waals surface area contributed by atoms with E-state index >= 15 is 0 Å². The van der Waals surface area contributed by atoms with Crippen molar-refractivity contribution in [3.8, 4) is 0 Å². The number of nitrogens with two attached hydrogens (primary N) is 1. The smallest absolute Gasteiger partial charge is 0.0566 e. The molecule has 1 fully saturated rings. The molecule has 2 rings (SSSR count). The highest BCUT2D eigenvalue weighted by Gasteiger charge is 2.27. The number of hydrogen-bond donors (Lipinski definition) is 2. The number of rotatable bonds is 5. The molecule has 0 bridgehead atoms. The predicted octanol–water partition coefficient (Wildman–Crippen LogP) is 2.90. The lowest BCUT2D eigenvalue weighted by Crippen LogP contribution is -2.47. The van der Waals surface area contributed by atoms with Crippen LogP contribution in [0.4, 0.5) is 0 Å². The Labute approximate surface area is 133 Å². The van der Waals surface area contributed by atoms with Crippen molar-refractivity contribution in [1.82, 2.24) is 4.90 Å². The minimum absolute atomic E-state index is 0.204. The third-order valence-electron chi connectivity index (χ3n) is 4.31. The molecule has 0 radical (unpaired) electrons. The Hall–Kier alpha value is -0.610. The van der Waals surface area contributed by atoms with Crippen LogP contribution in [0.3, 0.4) is 0 Å². The van der Waals surface area contributed by atoms with E-state index in [9.17, 15) is 5.11 Å². The van der Waals surface area contributed by atoms with Crippen molar-refractivity contribution in [2.75, 3.05) is 13.1 Å². The van der Waals surface area contributed by atoms with Crippen molar-refractivity contribution < 1.29 is 5.11 Å². The van der Waals surface area contributed by atoms with E-state index in [-0.39, 0.29) is 12.1 Å². The van der Waals surface area contributed by atoms with Crippen molar-refractivity contribution in [3.63, 3.8) is 0 Å². The van der Waals surface area contributed by atoms with E-state index in [0.29, 0.717) is 11.8 Å². The number of piperidine rings is 1. The van der Waals surface area contributed by atoms with Crippen LogP contribution in [-0.2, 0) is 6.54 Å². The highest BCUT2D eigenvalue weighted by atomic mass is 35.5. The Morgan fingerprint density at radius 1 is 1.29 bits per heavy atom. The van der Waals surface area contributed by atoms with Gasteiger partial charge in [0.05, 0.1) is 6.10 Å². The van der Waals surface area contributed by atoms with E-state index in [1.807, 2.05) is 12.1 Å². The van der Waals surface area contributed by atoms with Gasteiger partial charge in [0.2, 0.25) is 0 Å². The number of aliphatic hydroxyl groups is 1. The first-order valence-electron chi connectivity index (χ1n) is 7.84. The molecule has 0 aliphatic carbocycles. The number of aliphatic hydroxyl groups excluding tert-OH is 1. The molecule has 21 heavy (non-hydrogen) atoms. The number of hydrogen-bond acceptors (Lipinski definition) is 3. The normalized spacial score (nSPS) is 25.2. The minimum atomic E-state index is -0.224. The van der Waals surface area contributed by atoms with E-state index in [1.54, 1.807) is 0 Å². The summed E-state index contributed by atoms with van der Waals surface area (Å²) in [7, 11) is 0. The summed E-state index contributed by atoms with van der Waals surface area (Å²) in [6, 6.07) is 8.21. The summed E-state index contributed by atoms with van der Waals surface area (Å²) in [6.07, 6.45) is 1.64.